The number of hydrogen-bond donors (Lipinski definition) is 3. The molecule has 0 aromatic rings. The third-order valence-electron chi connectivity index (χ3n) is 21.9. The molecule has 0 aliphatic heterocycles. The fourth-order valence-corrected chi connectivity index (χ4v) is 15.9. The molecule has 0 bridgehead atoms. The number of carbonyl (C=O) groups is 4. The molecule has 0 saturated heterocycles. The molecular weight excluding hydrogens is 1430 g/mol. The van der Waals surface area contributed by atoms with Gasteiger partial charge in [-0.05, 0) is 31.6 Å². The topological polar surface area (TPSA) is 237 Å². The van der Waals surface area contributed by atoms with Crippen molar-refractivity contribution in [2.24, 2.45) is 5.92 Å². The molecule has 3 unspecified atom stereocenters. The molecule has 0 amide bonds. The lowest BCUT2D eigenvalue weighted by atomic mass is 9.99. The van der Waals surface area contributed by atoms with E-state index in [-0.39, 0.29) is 25.7 Å². The number of ether oxygens (including phenoxy) is 4. The van der Waals surface area contributed by atoms with Gasteiger partial charge in [-0.3, -0.25) is 37.3 Å². The zero-order valence-electron chi connectivity index (χ0n) is 72.4. The molecular formula is C91H178O17P2. The largest absolute Gasteiger partial charge is 0.472 e. The maximum Gasteiger partial charge on any atom is 0.472 e. The molecule has 19 heteroatoms. The molecule has 3 N–H and O–H groups in total. The summed E-state index contributed by atoms with van der Waals surface area (Å²) in [6, 6.07) is 0. The van der Waals surface area contributed by atoms with Crippen LogP contribution in [0.2, 0.25) is 0 Å². The van der Waals surface area contributed by atoms with E-state index in [9.17, 15) is 43.2 Å². The lowest BCUT2D eigenvalue weighted by molar-refractivity contribution is -0.161. The normalized spacial score (nSPS) is 13.9. The van der Waals surface area contributed by atoms with Crippen LogP contribution < -0.4 is 0 Å². The number of aliphatic hydroxyl groups is 1. The van der Waals surface area contributed by atoms with Crippen LogP contribution in [-0.2, 0) is 65.4 Å². The number of aliphatic hydroxyl groups excluding tert-OH is 1. The Bertz CT molecular complexity index is 2080. The van der Waals surface area contributed by atoms with Crippen molar-refractivity contribution in [3.05, 3.63) is 0 Å². The van der Waals surface area contributed by atoms with Gasteiger partial charge < -0.3 is 33.8 Å². The van der Waals surface area contributed by atoms with Crippen LogP contribution in [0.3, 0.4) is 0 Å². The number of phosphoric acid groups is 2. The molecule has 0 fully saturated rings. The van der Waals surface area contributed by atoms with Gasteiger partial charge in [-0.1, -0.05) is 446 Å². The van der Waals surface area contributed by atoms with E-state index in [4.69, 9.17) is 37.0 Å². The van der Waals surface area contributed by atoms with Crippen LogP contribution in [0.15, 0.2) is 0 Å². The summed E-state index contributed by atoms with van der Waals surface area (Å²) >= 11 is 0. The summed E-state index contributed by atoms with van der Waals surface area (Å²) in [7, 11) is -9.93. The van der Waals surface area contributed by atoms with Gasteiger partial charge in [0.15, 0.2) is 12.2 Å². The second kappa shape index (κ2) is 83.5. The van der Waals surface area contributed by atoms with Crippen LogP contribution in [-0.4, -0.2) is 96.7 Å². The van der Waals surface area contributed by atoms with Gasteiger partial charge >= 0.3 is 39.5 Å². The van der Waals surface area contributed by atoms with E-state index in [1.165, 1.54) is 321 Å². The number of unbranched alkanes of at least 4 members (excludes halogenated alkanes) is 62. The van der Waals surface area contributed by atoms with Crippen LogP contribution in [0, 0.1) is 5.92 Å². The first-order chi connectivity index (χ1) is 53.6. The highest BCUT2D eigenvalue weighted by atomic mass is 31.2. The smallest absolute Gasteiger partial charge is 0.462 e. The van der Waals surface area contributed by atoms with E-state index in [1.54, 1.807) is 0 Å². The molecule has 110 heavy (non-hydrogen) atoms. The molecule has 0 heterocycles. The first kappa shape index (κ1) is 108. The highest BCUT2D eigenvalue weighted by molar-refractivity contribution is 7.47. The molecule has 0 spiro atoms. The fraction of sp³-hybridized carbons (Fsp3) is 0.956. The standard InChI is InChI=1S/C91H178O17P2/c1-6-10-13-16-19-22-25-27-29-31-32-33-34-38-42-45-50-55-60-65-70-75-89(94)102-81-87(108-91(96)77-72-67-62-57-52-47-43-39-36-35-37-40-44-49-53-58-63-68-73-84(5)9-4)83-106-110(99,100)104-79-85(92)78-103-109(97,98)105-82-86(80-101-88(93)74-69-64-59-54-48-24-21-18-15-12-8-3)107-90(95)76-71-66-61-56-51-46-41-30-28-26-23-20-17-14-11-7-2/h84-87,92H,6-83H2,1-5H3,(H,97,98)(H,99,100)/t84?,85-,86+,87+/m0/s1. The van der Waals surface area contributed by atoms with Gasteiger partial charge in [-0.2, -0.15) is 0 Å². The summed E-state index contributed by atoms with van der Waals surface area (Å²) in [6.07, 6.45) is 79.2. The van der Waals surface area contributed by atoms with E-state index in [2.05, 4.69) is 34.6 Å². The molecule has 6 atom stereocenters. The maximum atomic E-state index is 13.2. The maximum absolute atomic E-state index is 13.2. The van der Waals surface area contributed by atoms with Gasteiger partial charge in [-0.15, -0.1) is 0 Å². The van der Waals surface area contributed by atoms with E-state index in [0.717, 1.165) is 95.8 Å². The van der Waals surface area contributed by atoms with Crippen molar-refractivity contribution in [1.82, 2.24) is 0 Å². The third kappa shape index (κ3) is 82.6. The molecule has 17 nitrogen and oxygen atoms in total. The van der Waals surface area contributed by atoms with Gasteiger partial charge in [0.1, 0.15) is 19.3 Å². The van der Waals surface area contributed by atoms with Crippen molar-refractivity contribution < 1.29 is 80.2 Å². The molecule has 0 aromatic heterocycles. The Morgan fingerprint density at radius 1 is 0.255 bits per heavy atom. The van der Waals surface area contributed by atoms with Crippen molar-refractivity contribution in [3.8, 4) is 0 Å². The summed E-state index contributed by atoms with van der Waals surface area (Å²) in [5, 5.41) is 10.7. The van der Waals surface area contributed by atoms with E-state index < -0.39 is 97.5 Å². The molecule has 0 radical (unpaired) electrons. The van der Waals surface area contributed by atoms with E-state index >= 15 is 0 Å². The highest BCUT2D eigenvalue weighted by Crippen LogP contribution is 2.45. The summed E-state index contributed by atoms with van der Waals surface area (Å²) in [6.45, 7) is 7.46. The second-order valence-electron chi connectivity index (χ2n) is 32.9. The molecule has 0 aliphatic rings. The monoisotopic (exact) mass is 1610 g/mol. The van der Waals surface area contributed by atoms with E-state index in [1.807, 2.05) is 0 Å². The van der Waals surface area contributed by atoms with Crippen molar-refractivity contribution in [1.29, 1.82) is 0 Å². The van der Waals surface area contributed by atoms with Crippen LogP contribution >= 0.6 is 15.6 Å². The van der Waals surface area contributed by atoms with Crippen LogP contribution in [0.5, 0.6) is 0 Å². The Morgan fingerprint density at radius 3 is 0.645 bits per heavy atom. The van der Waals surface area contributed by atoms with Crippen molar-refractivity contribution >= 4 is 39.5 Å². The van der Waals surface area contributed by atoms with Crippen molar-refractivity contribution in [2.45, 2.75) is 515 Å². The Kier molecular flexibility index (Phi) is 82.1. The number of esters is 4. The zero-order valence-corrected chi connectivity index (χ0v) is 74.2. The Labute approximate surface area is 677 Å². The second-order valence-corrected chi connectivity index (χ2v) is 35.8. The molecule has 654 valence electrons. The quantitative estimate of drug-likeness (QED) is 0.0222. The lowest BCUT2D eigenvalue weighted by Gasteiger charge is -2.21. The molecule has 0 aliphatic carbocycles. The number of phosphoric ester groups is 2. The minimum Gasteiger partial charge on any atom is -0.462 e. The van der Waals surface area contributed by atoms with E-state index in [0.29, 0.717) is 25.7 Å². The summed E-state index contributed by atoms with van der Waals surface area (Å²) in [5.41, 5.74) is 0. The minimum atomic E-state index is -4.97. The van der Waals surface area contributed by atoms with Gasteiger partial charge in [0.2, 0.25) is 0 Å². The average molecular weight is 1610 g/mol. The van der Waals surface area contributed by atoms with Gasteiger partial charge in [0.25, 0.3) is 0 Å². The summed E-state index contributed by atoms with van der Waals surface area (Å²) < 4.78 is 69.0. The summed E-state index contributed by atoms with van der Waals surface area (Å²) in [5.74, 6) is -1.22. The zero-order chi connectivity index (χ0) is 80.4. The molecule has 0 saturated carbocycles. The van der Waals surface area contributed by atoms with Crippen molar-refractivity contribution in [3.63, 3.8) is 0 Å². The number of hydrogen-bond acceptors (Lipinski definition) is 15. The van der Waals surface area contributed by atoms with Crippen LogP contribution in [0.1, 0.15) is 497 Å². The number of carbonyl (C=O) groups excluding carboxylic acids is 4. The fourth-order valence-electron chi connectivity index (χ4n) is 14.3. The van der Waals surface area contributed by atoms with Gasteiger partial charge in [0.05, 0.1) is 26.4 Å². The first-order valence-electron chi connectivity index (χ1n) is 47.2. The van der Waals surface area contributed by atoms with Crippen molar-refractivity contribution in [2.75, 3.05) is 39.6 Å². The van der Waals surface area contributed by atoms with Crippen LogP contribution in [0.25, 0.3) is 0 Å². The minimum absolute atomic E-state index is 0.109. The number of rotatable bonds is 91. The Morgan fingerprint density at radius 2 is 0.436 bits per heavy atom. The Balaban J connectivity index is 5.22. The Hall–Kier alpha value is -1.94. The SMILES string of the molecule is CCCCCCCCCCCCCCCCCCCCCCCC(=O)OC[C@H](COP(=O)(O)OC[C@@H](O)COP(=O)(O)OC[C@@H](COC(=O)CCCCCCCCCCCCC)OC(=O)CCCCCCCCCCCCCCCCCC)OC(=O)CCCCCCCCCCCCCCCCCCCCC(C)CC. The predicted molar refractivity (Wildman–Crippen MR) is 455 cm³/mol. The third-order valence-corrected chi connectivity index (χ3v) is 23.8. The molecule has 0 rings (SSSR count). The summed E-state index contributed by atoms with van der Waals surface area (Å²) in [4.78, 5) is 73.4. The predicted octanol–water partition coefficient (Wildman–Crippen LogP) is 28.3. The highest BCUT2D eigenvalue weighted by Gasteiger charge is 2.31. The van der Waals surface area contributed by atoms with Gasteiger partial charge in [-0.25, -0.2) is 9.13 Å². The average Bonchev–Trinajstić information content (AvgIpc) is 0.899. The lowest BCUT2D eigenvalue weighted by Crippen LogP contribution is -2.30. The van der Waals surface area contributed by atoms with Crippen LogP contribution in [0.4, 0.5) is 0 Å². The van der Waals surface area contributed by atoms with Gasteiger partial charge in [0, 0.05) is 25.7 Å². The first-order valence-corrected chi connectivity index (χ1v) is 50.2. The molecule has 0 aromatic carbocycles.